The van der Waals surface area contributed by atoms with Crippen molar-refractivity contribution in [1.82, 2.24) is 19.8 Å². The highest BCUT2D eigenvalue weighted by Crippen LogP contribution is 2.24. The maximum Gasteiger partial charge on any atom is 0.264 e. The Labute approximate surface area is 159 Å². The second kappa shape index (κ2) is 7.16. The normalized spacial score (nSPS) is 10.9. The molecule has 1 amide bonds. The Morgan fingerprint density at radius 1 is 1.04 bits per heavy atom. The number of aromatic nitrogens is 4. The summed E-state index contributed by atoms with van der Waals surface area (Å²) in [6, 6.07) is 15.5. The second-order valence-electron chi connectivity index (χ2n) is 6.14. The van der Waals surface area contributed by atoms with Crippen molar-refractivity contribution < 1.29 is 9.53 Å². The van der Waals surface area contributed by atoms with E-state index in [4.69, 9.17) is 4.74 Å². The van der Waals surface area contributed by atoms with E-state index < -0.39 is 0 Å². The van der Waals surface area contributed by atoms with Gasteiger partial charge in [-0.25, -0.2) is 0 Å². The van der Waals surface area contributed by atoms with Crippen LogP contribution < -0.4 is 10.1 Å². The predicted octanol–water partition coefficient (Wildman–Crippen LogP) is 3.49. The van der Waals surface area contributed by atoms with E-state index >= 15 is 0 Å². The number of carbonyl (C=O) groups is 1. The highest BCUT2D eigenvalue weighted by Gasteiger charge is 2.15. The van der Waals surface area contributed by atoms with Crippen molar-refractivity contribution in [2.24, 2.45) is 0 Å². The molecule has 2 heterocycles. The van der Waals surface area contributed by atoms with Gasteiger partial charge < -0.3 is 4.74 Å². The first kappa shape index (κ1) is 17.2. The number of anilines is 1. The number of nitrogens with zero attached hydrogens (tertiary/aromatic N) is 4. The second-order valence-corrected chi connectivity index (χ2v) is 7.10. The van der Waals surface area contributed by atoms with Crippen LogP contribution in [0.1, 0.15) is 11.1 Å². The Hall–Kier alpha value is -3.26. The summed E-state index contributed by atoms with van der Waals surface area (Å²) < 4.78 is 7.12. The molecule has 0 saturated heterocycles. The van der Waals surface area contributed by atoms with Crippen molar-refractivity contribution in [2.45, 2.75) is 13.8 Å². The van der Waals surface area contributed by atoms with Gasteiger partial charge in [0.15, 0.2) is 12.4 Å². The van der Waals surface area contributed by atoms with Crippen LogP contribution in [0, 0.1) is 13.8 Å². The first-order valence-electron chi connectivity index (χ1n) is 8.37. The largest absolute Gasteiger partial charge is 0.484 e. The Morgan fingerprint density at radius 2 is 1.70 bits per heavy atom. The molecule has 7 nitrogen and oxygen atoms in total. The van der Waals surface area contributed by atoms with Gasteiger partial charge in [0.1, 0.15) is 5.75 Å². The molecule has 0 aliphatic carbocycles. The third-order valence-electron chi connectivity index (χ3n) is 3.94. The highest BCUT2D eigenvalue weighted by molar-refractivity contribution is 7.20. The predicted molar refractivity (Wildman–Crippen MR) is 104 cm³/mol. The summed E-state index contributed by atoms with van der Waals surface area (Å²) in [4.78, 5) is 12.7. The van der Waals surface area contributed by atoms with Crippen LogP contribution in [0.3, 0.4) is 0 Å². The molecule has 0 spiro atoms. The van der Waals surface area contributed by atoms with Gasteiger partial charge in [-0.2, -0.15) is 4.52 Å². The molecule has 0 fully saturated rings. The van der Waals surface area contributed by atoms with Gasteiger partial charge in [-0.3, -0.25) is 10.1 Å². The Morgan fingerprint density at radius 3 is 2.41 bits per heavy atom. The summed E-state index contributed by atoms with van der Waals surface area (Å²) >= 11 is 1.26. The molecule has 0 saturated carbocycles. The molecule has 0 radical (unpaired) electrons. The molecular formula is C19H17N5O2S. The minimum absolute atomic E-state index is 0.0893. The number of benzene rings is 2. The molecule has 2 aromatic heterocycles. The lowest BCUT2D eigenvalue weighted by molar-refractivity contribution is -0.118. The van der Waals surface area contributed by atoms with Gasteiger partial charge in [0.25, 0.3) is 5.91 Å². The summed E-state index contributed by atoms with van der Waals surface area (Å²) in [6.07, 6.45) is 0. The zero-order valence-electron chi connectivity index (χ0n) is 14.8. The van der Waals surface area contributed by atoms with Crippen LogP contribution in [0.2, 0.25) is 0 Å². The molecule has 0 atom stereocenters. The lowest BCUT2D eigenvalue weighted by Crippen LogP contribution is -2.20. The van der Waals surface area contributed by atoms with Gasteiger partial charge in [0.2, 0.25) is 10.1 Å². The van der Waals surface area contributed by atoms with Crippen LogP contribution in [0.15, 0.2) is 48.5 Å². The molecule has 0 bridgehead atoms. The first-order chi connectivity index (χ1) is 13.1. The molecule has 0 aliphatic rings. The van der Waals surface area contributed by atoms with Crippen LogP contribution in [0.25, 0.3) is 16.3 Å². The minimum Gasteiger partial charge on any atom is -0.484 e. The van der Waals surface area contributed by atoms with Crippen LogP contribution in [0.5, 0.6) is 5.75 Å². The molecule has 4 aromatic rings. The fourth-order valence-electron chi connectivity index (χ4n) is 2.49. The minimum atomic E-state index is -0.280. The van der Waals surface area contributed by atoms with Crippen LogP contribution >= 0.6 is 11.3 Å². The van der Waals surface area contributed by atoms with E-state index in [9.17, 15) is 4.79 Å². The van der Waals surface area contributed by atoms with Gasteiger partial charge in [-0.1, -0.05) is 58.9 Å². The van der Waals surface area contributed by atoms with E-state index in [0.29, 0.717) is 21.7 Å². The molecule has 0 unspecified atom stereocenters. The summed E-state index contributed by atoms with van der Waals surface area (Å²) in [7, 11) is 0. The fourth-order valence-corrected chi connectivity index (χ4v) is 3.24. The lowest BCUT2D eigenvalue weighted by atomic mass is 10.1. The summed E-state index contributed by atoms with van der Waals surface area (Å²) in [5.41, 5.74) is 3.22. The van der Waals surface area contributed by atoms with Gasteiger partial charge in [0.05, 0.1) is 0 Å². The van der Waals surface area contributed by atoms with E-state index in [1.165, 1.54) is 16.9 Å². The number of rotatable bonds is 5. The molecular weight excluding hydrogens is 362 g/mol. The van der Waals surface area contributed by atoms with Crippen molar-refractivity contribution in [2.75, 3.05) is 11.9 Å². The number of hydrogen-bond donors (Lipinski definition) is 1. The molecule has 27 heavy (non-hydrogen) atoms. The van der Waals surface area contributed by atoms with E-state index in [0.717, 1.165) is 11.1 Å². The Bertz CT molecular complexity index is 1080. The van der Waals surface area contributed by atoms with Gasteiger partial charge in [-0.15, -0.1) is 15.3 Å². The van der Waals surface area contributed by atoms with E-state index in [-0.39, 0.29) is 12.5 Å². The molecule has 4 rings (SSSR count). The third kappa shape index (κ3) is 3.80. The van der Waals surface area contributed by atoms with Crippen molar-refractivity contribution in [3.8, 4) is 17.1 Å². The van der Waals surface area contributed by atoms with E-state index in [2.05, 4.69) is 20.6 Å². The monoisotopic (exact) mass is 379 g/mol. The summed E-state index contributed by atoms with van der Waals surface area (Å²) in [5.74, 6) is 1.01. The van der Waals surface area contributed by atoms with Crippen molar-refractivity contribution in [3.05, 3.63) is 59.7 Å². The summed E-state index contributed by atoms with van der Waals surface area (Å²) in [6.45, 7) is 3.93. The topological polar surface area (TPSA) is 81.4 Å². The van der Waals surface area contributed by atoms with Crippen LogP contribution in [-0.4, -0.2) is 32.3 Å². The SMILES string of the molecule is Cc1ccc(OCC(=O)Nc2nn3c(-c4ccc(C)cc4)nnc3s2)cc1. The van der Waals surface area contributed by atoms with Crippen LogP contribution in [-0.2, 0) is 4.79 Å². The van der Waals surface area contributed by atoms with E-state index in [1.54, 1.807) is 4.52 Å². The van der Waals surface area contributed by atoms with Crippen molar-refractivity contribution in [1.29, 1.82) is 0 Å². The molecule has 2 aromatic carbocycles. The smallest absolute Gasteiger partial charge is 0.264 e. The zero-order valence-corrected chi connectivity index (χ0v) is 15.7. The molecule has 0 aliphatic heterocycles. The Kier molecular flexibility index (Phi) is 4.55. The number of ether oxygens (including phenoxy) is 1. The fraction of sp³-hybridized carbons (Fsp3) is 0.158. The zero-order chi connectivity index (χ0) is 18.8. The van der Waals surface area contributed by atoms with E-state index in [1.807, 2.05) is 62.4 Å². The Balaban J connectivity index is 1.45. The first-order valence-corrected chi connectivity index (χ1v) is 9.19. The van der Waals surface area contributed by atoms with Crippen molar-refractivity contribution >= 4 is 27.3 Å². The lowest BCUT2D eigenvalue weighted by Gasteiger charge is -2.05. The summed E-state index contributed by atoms with van der Waals surface area (Å²) in [5, 5.41) is 15.9. The quantitative estimate of drug-likeness (QED) is 0.574. The average Bonchev–Trinajstić information content (AvgIpc) is 3.22. The maximum atomic E-state index is 12.1. The number of amides is 1. The number of nitrogens with one attached hydrogen (secondary N) is 1. The van der Waals surface area contributed by atoms with Crippen molar-refractivity contribution in [3.63, 3.8) is 0 Å². The molecule has 1 N–H and O–H groups in total. The van der Waals surface area contributed by atoms with Crippen LogP contribution in [0.4, 0.5) is 5.13 Å². The number of hydrogen-bond acceptors (Lipinski definition) is 6. The van der Waals surface area contributed by atoms with Gasteiger partial charge in [-0.05, 0) is 26.0 Å². The third-order valence-corrected chi connectivity index (χ3v) is 4.75. The highest BCUT2D eigenvalue weighted by atomic mass is 32.1. The number of aryl methyl sites for hydroxylation is 2. The molecule has 136 valence electrons. The number of carbonyl (C=O) groups excluding carboxylic acids is 1. The van der Waals surface area contributed by atoms with Gasteiger partial charge in [0, 0.05) is 5.56 Å². The standard InChI is InChI=1S/C19H17N5O2S/c1-12-3-7-14(8-4-12)17-21-22-19-24(17)23-18(27-19)20-16(25)11-26-15-9-5-13(2)6-10-15/h3-10H,11H2,1-2H3,(H,20,23,25). The molecule has 8 heteroatoms. The number of fused-ring (bicyclic) bond motifs is 1. The van der Waals surface area contributed by atoms with Gasteiger partial charge >= 0.3 is 0 Å². The average molecular weight is 379 g/mol. The maximum absolute atomic E-state index is 12.1.